The fourth-order valence-electron chi connectivity index (χ4n) is 1.44. The molecule has 0 N–H and O–H groups in total. The van der Waals surface area contributed by atoms with Crippen LogP contribution in [-0.2, 0) is 6.42 Å². The van der Waals surface area contributed by atoms with Crippen LogP contribution in [0.1, 0.15) is 20.9 Å². The van der Waals surface area contributed by atoms with Gasteiger partial charge in [0.25, 0.3) is 0 Å². The molecule has 0 aliphatic heterocycles. The second-order valence-corrected chi connectivity index (χ2v) is 4.78. The quantitative estimate of drug-likeness (QED) is 0.781. The Bertz CT molecular complexity index is 504. The van der Waals surface area contributed by atoms with Crippen LogP contribution in [-0.4, -0.2) is 10.8 Å². The molecule has 0 saturated heterocycles. The molecule has 2 nitrogen and oxygen atoms in total. The highest BCUT2D eigenvalue weighted by atomic mass is 35.5. The summed E-state index contributed by atoms with van der Waals surface area (Å²) in [5, 5.41) is 0.685. The van der Waals surface area contributed by atoms with Crippen molar-refractivity contribution in [1.82, 2.24) is 4.98 Å². The van der Waals surface area contributed by atoms with Crippen LogP contribution in [0.3, 0.4) is 0 Å². The maximum atomic E-state index is 11.9. The summed E-state index contributed by atoms with van der Waals surface area (Å²) in [6.07, 6.45) is 0.403. The number of ketones is 1. The van der Waals surface area contributed by atoms with E-state index in [0.29, 0.717) is 11.4 Å². The number of rotatable bonds is 3. The van der Waals surface area contributed by atoms with Gasteiger partial charge < -0.3 is 0 Å². The normalized spacial score (nSPS) is 10.4. The summed E-state index contributed by atoms with van der Waals surface area (Å²) in [7, 11) is 0. The van der Waals surface area contributed by atoms with Crippen molar-refractivity contribution in [2.24, 2.45) is 0 Å². The Morgan fingerprint density at radius 2 is 2.06 bits per heavy atom. The average Bonchev–Trinajstić information content (AvgIpc) is 2.68. The Morgan fingerprint density at radius 1 is 1.38 bits per heavy atom. The molecule has 1 aromatic heterocycles. The molecule has 1 aromatic carbocycles. The Morgan fingerprint density at radius 3 is 2.62 bits per heavy atom. The number of benzene rings is 1. The highest BCUT2D eigenvalue weighted by Gasteiger charge is 2.12. The number of aromatic nitrogens is 1. The number of thiazole rings is 1. The molecule has 1 heterocycles. The fraction of sp³-hybridized carbons (Fsp3) is 0.167. The molecule has 0 atom stereocenters. The molecule has 2 aromatic rings. The number of hydrogen-bond acceptors (Lipinski definition) is 3. The molecular formula is C12H10ClNOS. The Hall–Kier alpha value is -1.19. The van der Waals surface area contributed by atoms with E-state index in [1.807, 2.05) is 19.1 Å². The standard InChI is InChI=1S/C12H10ClNOS/c1-8-12(16-7-14-8)11(15)6-9-2-4-10(13)5-3-9/h2-5,7H,6H2,1H3. The van der Waals surface area contributed by atoms with Crippen LogP contribution < -0.4 is 0 Å². The first-order chi connectivity index (χ1) is 7.66. The van der Waals surface area contributed by atoms with Gasteiger partial charge in [0.05, 0.1) is 16.1 Å². The van der Waals surface area contributed by atoms with Crippen molar-refractivity contribution in [2.45, 2.75) is 13.3 Å². The van der Waals surface area contributed by atoms with E-state index in [-0.39, 0.29) is 5.78 Å². The molecular weight excluding hydrogens is 242 g/mol. The maximum absolute atomic E-state index is 11.9. The molecule has 0 aliphatic carbocycles. The van der Waals surface area contributed by atoms with E-state index in [0.717, 1.165) is 16.1 Å². The predicted octanol–water partition coefficient (Wildman–Crippen LogP) is 3.53. The summed E-state index contributed by atoms with van der Waals surface area (Å²) in [5.74, 6) is 0.113. The monoisotopic (exact) mass is 251 g/mol. The molecule has 0 aliphatic rings. The van der Waals surface area contributed by atoms with E-state index >= 15 is 0 Å². The van der Waals surface area contributed by atoms with Crippen molar-refractivity contribution in [3.63, 3.8) is 0 Å². The number of hydrogen-bond donors (Lipinski definition) is 0. The van der Waals surface area contributed by atoms with Crippen molar-refractivity contribution >= 4 is 28.7 Å². The zero-order valence-electron chi connectivity index (χ0n) is 8.74. The summed E-state index contributed by atoms with van der Waals surface area (Å²) in [6.45, 7) is 1.85. The van der Waals surface area contributed by atoms with Crippen LogP contribution in [0.15, 0.2) is 29.8 Å². The van der Waals surface area contributed by atoms with Gasteiger partial charge in [-0.3, -0.25) is 4.79 Å². The highest BCUT2D eigenvalue weighted by molar-refractivity contribution is 7.11. The molecule has 16 heavy (non-hydrogen) atoms. The summed E-state index contributed by atoms with van der Waals surface area (Å²) < 4.78 is 0. The molecule has 0 amide bonds. The Balaban J connectivity index is 2.14. The van der Waals surface area contributed by atoms with Gasteiger partial charge in [0, 0.05) is 11.4 Å². The lowest BCUT2D eigenvalue weighted by Crippen LogP contribution is -2.02. The first kappa shape index (κ1) is 11.3. The van der Waals surface area contributed by atoms with Gasteiger partial charge in [-0.25, -0.2) is 4.98 Å². The van der Waals surface area contributed by atoms with Crippen LogP contribution in [0.4, 0.5) is 0 Å². The average molecular weight is 252 g/mol. The largest absolute Gasteiger partial charge is 0.293 e. The van der Waals surface area contributed by atoms with E-state index < -0.39 is 0 Å². The minimum Gasteiger partial charge on any atom is -0.293 e. The second-order valence-electron chi connectivity index (χ2n) is 3.49. The van der Waals surface area contributed by atoms with E-state index in [1.54, 1.807) is 17.6 Å². The third-order valence-corrected chi connectivity index (χ3v) is 3.50. The molecule has 0 bridgehead atoms. The lowest BCUT2D eigenvalue weighted by atomic mass is 10.1. The molecule has 0 radical (unpaired) electrons. The first-order valence-electron chi connectivity index (χ1n) is 4.84. The SMILES string of the molecule is Cc1ncsc1C(=O)Cc1ccc(Cl)cc1. The van der Waals surface area contributed by atoms with Crippen LogP contribution in [0.25, 0.3) is 0 Å². The number of Topliss-reactive ketones (excluding diaryl/α,β-unsaturated/α-hetero) is 1. The smallest absolute Gasteiger partial charge is 0.179 e. The van der Waals surface area contributed by atoms with Crippen LogP contribution in [0.5, 0.6) is 0 Å². The minimum absolute atomic E-state index is 0.113. The Kier molecular flexibility index (Phi) is 3.36. The minimum atomic E-state index is 0.113. The second kappa shape index (κ2) is 4.76. The van der Waals surface area contributed by atoms with Crippen LogP contribution >= 0.6 is 22.9 Å². The van der Waals surface area contributed by atoms with Gasteiger partial charge in [0.1, 0.15) is 0 Å². The molecule has 0 saturated carbocycles. The number of carbonyl (C=O) groups excluding carboxylic acids is 1. The third-order valence-electron chi connectivity index (χ3n) is 2.28. The summed E-state index contributed by atoms with van der Waals surface area (Å²) in [6, 6.07) is 7.33. The van der Waals surface area contributed by atoms with E-state index in [2.05, 4.69) is 4.98 Å². The van der Waals surface area contributed by atoms with Crippen molar-refractivity contribution < 1.29 is 4.79 Å². The van der Waals surface area contributed by atoms with Gasteiger partial charge in [0.2, 0.25) is 0 Å². The van der Waals surface area contributed by atoms with Crippen molar-refractivity contribution in [1.29, 1.82) is 0 Å². The van der Waals surface area contributed by atoms with Gasteiger partial charge >= 0.3 is 0 Å². The van der Waals surface area contributed by atoms with Crippen LogP contribution in [0, 0.1) is 6.92 Å². The maximum Gasteiger partial charge on any atom is 0.179 e. The van der Waals surface area contributed by atoms with E-state index in [1.165, 1.54) is 11.3 Å². The number of halogens is 1. The zero-order chi connectivity index (χ0) is 11.5. The zero-order valence-corrected chi connectivity index (χ0v) is 10.3. The van der Waals surface area contributed by atoms with Gasteiger partial charge in [-0.2, -0.15) is 0 Å². The van der Waals surface area contributed by atoms with E-state index in [4.69, 9.17) is 11.6 Å². The molecule has 0 spiro atoms. The lowest BCUT2D eigenvalue weighted by Gasteiger charge is -2.00. The summed E-state index contributed by atoms with van der Waals surface area (Å²) >= 11 is 7.17. The molecule has 0 unspecified atom stereocenters. The molecule has 82 valence electrons. The van der Waals surface area contributed by atoms with Crippen molar-refractivity contribution in [2.75, 3.05) is 0 Å². The van der Waals surface area contributed by atoms with Gasteiger partial charge in [0.15, 0.2) is 5.78 Å². The van der Waals surface area contributed by atoms with Gasteiger partial charge in [-0.05, 0) is 24.6 Å². The number of nitrogens with zero attached hydrogens (tertiary/aromatic N) is 1. The first-order valence-corrected chi connectivity index (χ1v) is 6.10. The summed E-state index contributed by atoms with van der Waals surface area (Å²) in [4.78, 5) is 16.7. The summed E-state index contributed by atoms with van der Waals surface area (Å²) in [5.41, 5.74) is 3.48. The number of aryl methyl sites for hydroxylation is 1. The highest BCUT2D eigenvalue weighted by Crippen LogP contribution is 2.16. The molecule has 4 heteroatoms. The third kappa shape index (κ3) is 2.49. The lowest BCUT2D eigenvalue weighted by molar-refractivity contribution is 0.0996. The van der Waals surface area contributed by atoms with Crippen molar-refractivity contribution in [3.8, 4) is 0 Å². The van der Waals surface area contributed by atoms with E-state index in [9.17, 15) is 4.79 Å². The topological polar surface area (TPSA) is 30.0 Å². The van der Waals surface area contributed by atoms with Gasteiger partial charge in [-0.15, -0.1) is 11.3 Å². The fourth-order valence-corrected chi connectivity index (χ4v) is 2.31. The van der Waals surface area contributed by atoms with Crippen molar-refractivity contribution in [3.05, 3.63) is 50.9 Å². The van der Waals surface area contributed by atoms with Crippen LogP contribution in [0.2, 0.25) is 5.02 Å². The predicted molar refractivity (Wildman–Crippen MR) is 66.3 cm³/mol. The van der Waals surface area contributed by atoms with Gasteiger partial charge in [-0.1, -0.05) is 23.7 Å². The Labute approximate surface area is 103 Å². The number of carbonyl (C=O) groups is 1. The molecule has 2 rings (SSSR count). The molecule has 0 fully saturated rings.